The molecule has 0 aliphatic carbocycles. The fourth-order valence-corrected chi connectivity index (χ4v) is 3.24. The number of nitrogens with one attached hydrogen (secondary N) is 1. The predicted octanol–water partition coefficient (Wildman–Crippen LogP) is 0.259. The molecule has 3 atom stereocenters. The first-order valence-corrected chi connectivity index (χ1v) is 6.71. The lowest BCUT2D eigenvalue weighted by atomic mass is 9.89. The smallest absolute Gasteiger partial charge is 0.317 e. The molecule has 20 heavy (non-hydrogen) atoms. The van der Waals surface area contributed by atoms with Crippen LogP contribution >= 0.6 is 0 Å². The molecule has 0 saturated carbocycles. The second-order valence-corrected chi connectivity index (χ2v) is 5.20. The van der Waals surface area contributed by atoms with Crippen molar-refractivity contribution in [3.63, 3.8) is 0 Å². The van der Waals surface area contributed by atoms with Crippen LogP contribution in [0.25, 0.3) is 0 Å². The number of aliphatic carboxylic acids is 1. The monoisotopic (exact) mass is 280 g/mol. The van der Waals surface area contributed by atoms with Crippen molar-refractivity contribution in [1.82, 2.24) is 20.4 Å². The largest absolute Gasteiger partial charge is 0.481 e. The summed E-state index contributed by atoms with van der Waals surface area (Å²) in [6.07, 6.45) is 4.02. The summed E-state index contributed by atoms with van der Waals surface area (Å²) >= 11 is 0. The van der Waals surface area contributed by atoms with Crippen LogP contribution in [0.1, 0.15) is 25.2 Å². The molecule has 2 amide bonds. The Morgan fingerprint density at radius 3 is 3.00 bits per heavy atom. The lowest BCUT2D eigenvalue weighted by molar-refractivity contribution is -0.142. The molecule has 2 aliphatic rings. The van der Waals surface area contributed by atoms with Crippen LogP contribution in [0.15, 0.2) is 10.9 Å². The number of nitrogens with zero attached hydrogens (tertiary/aromatic N) is 3. The van der Waals surface area contributed by atoms with E-state index in [1.807, 2.05) is 0 Å². The van der Waals surface area contributed by atoms with Crippen molar-refractivity contribution in [2.75, 3.05) is 6.54 Å². The fraction of sp³-hybridized carbons (Fsp3) is 0.667. The molecule has 3 unspecified atom stereocenters. The van der Waals surface area contributed by atoms with Crippen molar-refractivity contribution in [3.8, 4) is 0 Å². The molecule has 2 bridgehead atoms. The van der Waals surface area contributed by atoms with E-state index in [2.05, 4.69) is 15.5 Å². The SMILES string of the molecule is O=C(O)C1CC2CCC1N2C(=O)NCCc1ncno1. The van der Waals surface area contributed by atoms with Gasteiger partial charge in [-0.25, -0.2) is 4.79 Å². The number of hydrogen-bond acceptors (Lipinski definition) is 5. The van der Waals surface area contributed by atoms with E-state index in [-0.39, 0.29) is 18.1 Å². The molecule has 3 rings (SSSR count). The summed E-state index contributed by atoms with van der Waals surface area (Å²) in [4.78, 5) is 28.9. The van der Waals surface area contributed by atoms with E-state index in [4.69, 9.17) is 9.63 Å². The molecule has 2 fully saturated rings. The molecule has 108 valence electrons. The standard InChI is InChI=1S/C12H16N4O4/c17-11(18)8-5-7-1-2-9(8)16(7)12(19)13-4-3-10-14-6-15-20-10/h6-9H,1-5H2,(H,13,19)(H,17,18). The Hall–Kier alpha value is -2.12. The number of carbonyl (C=O) groups excluding carboxylic acids is 1. The lowest BCUT2D eigenvalue weighted by Gasteiger charge is -2.23. The van der Waals surface area contributed by atoms with Gasteiger partial charge >= 0.3 is 12.0 Å². The van der Waals surface area contributed by atoms with Gasteiger partial charge in [0.15, 0.2) is 6.33 Å². The molecule has 1 aromatic heterocycles. The summed E-state index contributed by atoms with van der Waals surface area (Å²) in [5, 5.41) is 15.4. The number of amides is 2. The van der Waals surface area contributed by atoms with Crippen LogP contribution in [0.4, 0.5) is 4.79 Å². The highest BCUT2D eigenvalue weighted by Crippen LogP contribution is 2.41. The minimum Gasteiger partial charge on any atom is -0.481 e. The highest BCUT2D eigenvalue weighted by Gasteiger charge is 2.51. The minimum absolute atomic E-state index is 0.0597. The van der Waals surface area contributed by atoms with Gasteiger partial charge in [0.1, 0.15) is 0 Å². The summed E-state index contributed by atoms with van der Waals surface area (Å²) in [7, 11) is 0. The molecular weight excluding hydrogens is 264 g/mol. The Kier molecular flexibility index (Phi) is 3.29. The van der Waals surface area contributed by atoms with E-state index < -0.39 is 11.9 Å². The maximum absolute atomic E-state index is 12.2. The number of aromatic nitrogens is 2. The molecule has 0 aromatic carbocycles. The van der Waals surface area contributed by atoms with Crippen molar-refractivity contribution in [2.24, 2.45) is 5.92 Å². The highest BCUT2D eigenvalue weighted by molar-refractivity contribution is 5.79. The predicted molar refractivity (Wildman–Crippen MR) is 65.8 cm³/mol. The van der Waals surface area contributed by atoms with Gasteiger partial charge in [0.05, 0.1) is 5.92 Å². The maximum Gasteiger partial charge on any atom is 0.317 e. The first-order chi connectivity index (χ1) is 9.66. The third kappa shape index (κ3) is 2.21. The second kappa shape index (κ2) is 5.10. The number of urea groups is 1. The van der Waals surface area contributed by atoms with Gasteiger partial charge in [-0.2, -0.15) is 4.98 Å². The average Bonchev–Trinajstić information content (AvgIpc) is 3.13. The Bertz CT molecular complexity index is 504. The average molecular weight is 280 g/mol. The zero-order chi connectivity index (χ0) is 14.1. The summed E-state index contributed by atoms with van der Waals surface area (Å²) in [6, 6.07) is -0.300. The molecule has 8 nitrogen and oxygen atoms in total. The highest BCUT2D eigenvalue weighted by atomic mass is 16.5. The quantitative estimate of drug-likeness (QED) is 0.818. The Labute approximate surface area is 115 Å². The van der Waals surface area contributed by atoms with Gasteiger partial charge in [0.25, 0.3) is 0 Å². The van der Waals surface area contributed by atoms with Gasteiger partial charge < -0.3 is 19.8 Å². The van der Waals surface area contributed by atoms with Crippen molar-refractivity contribution in [1.29, 1.82) is 0 Å². The van der Waals surface area contributed by atoms with Crippen LogP contribution < -0.4 is 5.32 Å². The first kappa shape index (κ1) is 12.9. The first-order valence-electron chi connectivity index (χ1n) is 6.71. The molecule has 2 saturated heterocycles. The van der Waals surface area contributed by atoms with Gasteiger partial charge in [-0.3, -0.25) is 4.79 Å². The molecule has 8 heteroatoms. The number of hydrogen-bond donors (Lipinski definition) is 2. The van der Waals surface area contributed by atoms with E-state index in [0.29, 0.717) is 25.3 Å². The third-order valence-electron chi connectivity index (χ3n) is 4.11. The molecule has 3 heterocycles. The number of carboxylic acid groups (broad SMARTS) is 1. The van der Waals surface area contributed by atoms with Gasteiger partial charge in [0, 0.05) is 25.0 Å². The zero-order valence-electron chi connectivity index (χ0n) is 10.9. The molecular formula is C12H16N4O4. The van der Waals surface area contributed by atoms with Crippen LogP contribution in [-0.2, 0) is 11.2 Å². The third-order valence-corrected chi connectivity index (χ3v) is 4.11. The summed E-state index contributed by atoms with van der Waals surface area (Å²) in [6.45, 7) is 0.398. The summed E-state index contributed by atoms with van der Waals surface area (Å²) < 4.78 is 4.84. The van der Waals surface area contributed by atoms with E-state index in [1.165, 1.54) is 6.33 Å². The van der Waals surface area contributed by atoms with Crippen molar-refractivity contribution < 1.29 is 19.2 Å². The number of rotatable bonds is 4. The van der Waals surface area contributed by atoms with Gasteiger partial charge in [0.2, 0.25) is 5.89 Å². The summed E-state index contributed by atoms with van der Waals surface area (Å²) in [5.41, 5.74) is 0. The van der Waals surface area contributed by atoms with Crippen LogP contribution in [0, 0.1) is 5.92 Å². The Morgan fingerprint density at radius 1 is 1.50 bits per heavy atom. The topological polar surface area (TPSA) is 109 Å². The second-order valence-electron chi connectivity index (χ2n) is 5.20. The molecule has 0 spiro atoms. The van der Waals surface area contributed by atoms with Crippen molar-refractivity contribution in [2.45, 2.75) is 37.8 Å². The van der Waals surface area contributed by atoms with Crippen LogP contribution in [-0.4, -0.2) is 50.8 Å². The maximum atomic E-state index is 12.2. The minimum atomic E-state index is -0.805. The Balaban J connectivity index is 1.54. The molecule has 2 N–H and O–H groups in total. The van der Waals surface area contributed by atoms with Gasteiger partial charge in [-0.15, -0.1) is 0 Å². The number of fused-ring (bicyclic) bond motifs is 2. The molecule has 1 aromatic rings. The van der Waals surface area contributed by atoms with Gasteiger partial charge in [-0.05, 0) is 19.3 Å². The van der Waals surface area contributed by atoms with E-state index in [1.54, 1.807) is 4.90 Å². The molecule has 0 radical (unpaired) electrons. The Morgan fingerprint density at radius 2 is 2.35 bits per heavy atom. The van der Waals surface area contributed by atoms with Gasteiger partial charge in [-0.1, -0.05) is 5.16 Å². The normalized spacial score (nSPS) is 27.8. The van der Waals surface area contributed by atoms with Crippen LogP contribution in [0.3, 0.4) is 0 Å². The van der Waals surface area contributed by atoms with Crippen LogP contribution in [0.5, 0.6) is 0 Å². The van der Waals surface area contributed by atoms with E-state index in [9.17, 15) is 9.59 Å². The molecule has 2 aliphatic heterocycles. The van der Waals surface area contributed by atoms with E-state index >= 15 is 0 Å². The lowest BCUT2D eigenvalue weighted by Crippen LogP contribution is -2.44. The van der Waals surface area contributed by atoms with E-state index in [0.717, 1.165) is 12.8 Å². The van der Waals surface area contributed by atoms with Crippen molar-refractivity contribution in [3.05, 3.63) is 12.2 Å². The van der Waals surface area contributed by atoms with Crippen LogP contribution in [0.2, 0.25) is 0 Å². The fourth-order valence-electron chi connectivity index (χ4n) is 3.24. The van der Waals surface area contributed by atoms with Crippen molar-refractivity contribution >= 4 is 12.0 Å². The number of carbonyl (C=O) groups is 2. The summed E-state index contributed by atoms with van der Waals surface area (Å²) in [5.74, 6) is -0.755. The number of carboxylic acids is 1. The zero-order valence-corrected chi connectivity index (χ0v) is 10.9.